The molecule has 110 valence electrons. The summed E-state index contributed by atoms with van der Waals surface area (Å²) in [6.45, 7) is 4.78. The summed E-state index contributed by atoms with van der Waals surface area (Å²) in [4.78, 5) is 0. The van der Waals surface area contributed by atoms with E-state index in [1.165, 1.54) is 42.5 Å². The molecule has 0 aromatic heterocycles. The van der Waals surface area contributed by atoms with Gasteiger partial charge in [-0.25, -0.2) is 0 Å². The van der Waals surface area contributed by atoms with Gasteiger partial charge in [-0.05, 0) is 47.9 Å². The number of nitrogens with one attached hydrogen (secondary N) is 1. The molecule has 1 heteroatoms. The largest absolute Gasteiger partial charge is 0.382 e. The van der Waals surface area contributed by atoms with Gasteiger partial charge in [0.1, 0.15) is 0 Å². The van der Waals surface area contributed by atoms with Gasteiger partial charge in [-0.2, -0.15) is 0 Å². The Labute approximate surface area is 128 Å². The van der Waals surface area contributed by atoms with Gasteiger partial charge in [-0.15, -0.1) is 0 Å². The van der Waals surface area contributed by atoms with Crippen LogP contribution in [0, 0.1) is 5.41 Å². The van der Waals surface area contributed by atoms with Crippen LogP contribution in [0.2, 0.25) is 0 Å². The van der Waals surface area contributed by atoms with E-state index in [1.54, 1.807) is 0 Å². The number of rotatable bonds is 3. The van der Waals surface area contributed by atoms with Crippen LogP contribution in [-0.2, 0) is 0 Å². The van der Waals surface area contributed by atoms with Crippen molar-refractivity contribution in [2.75, 3.05) is 5.32 Å². The van der Waals surface area contributed by atoms with Crippen molar-refractivity contribution >= 4 is 5.69 Å². The standard InChI is InChI=1S/C20H25N/c1-20(2)14-6-9-19(15-20)21-18-12-10-17(11-13-18)16-7-4-3-5-8-16/h3-5,7-8,10-13,19,21H,6,9,14-15H2,1-2H3. The fraction of sp³-hybridized carbons (Fsp3) is 0.400. The lowest BCUT2D eigenvalue weighted by molar-refractivity contribution is 0.229. The molecule has 1 nitrogen and oxygen atoms in total. The lowest BCUT2D eigenvalue weighted by Gasteiger charge is -2.36. The summed E-state index contributed by atoms with van der Waals surface area (Å²) in [7, 11) is 0. The predicted octanol–water partition coefficient (Wildman–Crippen LogP) is 5.73. The monoisotopic (exact) mass is 279 g/mol. The van der Waals surface area contributed by atoms with E-state index in [4.69, 9.17) is 0 Å². The van der Waals surface area contributed by atoms with Crippen LogP contribution in [0.1, 0.15) is 39.5 Å². The molecule has 0 spiro atoms. The highest BCUT2D eigenvalue weighted by Crippen LogP contribution is 2.36. The van der Waals surface area contributed by atoms with E-state index >= 15 is 0 Å². The molecule has 0 aliphatic heterocycles. The third-order valence-electron chi connectivity index (χ3n) is 4.57. The van der Waals surface area contributed by atoms with E-state index < -0.39 is 0 Å². The van der Waals surface area contributed by atoms with E-state index in [2.05, 4.69) is 73.8 Å². The topological polar surface area (TPSA) is 12.0 Å². The van der Waals surface area contributed by atoms with Gasteiger partial charge in [0.15, 0.2) is 0 Å². The maximum Gasteiger partial charge on any atom is 0.0342 e. The maximum atomic E-state index is 3.72. The minimum absolute atomic E-state index is 0.486. The Bertz CT molecular complexity index is 569. The first-order chi connectivity index (χ1) is 10.1. The smallest absolute Gasteiger partial charge is 0.0342 e. The first-order valence-electron chi connectivity index (χ1n) is 8.04. The van der Waals surface area contributed by atoms with Crippen LogP contribution < -0.4 is 5.32 Å². The summed E-state index contributed by atoms with van der Waals surface area (Å²) >= 11 is 0. The Hall–Kier alpha value is -1.76. The average molecular weight is 279 g/mol. The zero-order valence-electron chi connectivity index (χ0n) is 13.1. The molecule has 0 saturated heterocycles. The van der Waals surface area contributed by atoms with E-state index in [9.17, 15) is 0 Å². The van der Waals surface area contributed by atoms with Crippen molar-refractivity contribution < 1.29 is 0 Å². The molecular formula is C20H25N. The second-order valence-electron chi connectivity index (χ2n) is 7.05. The number of benzene rings is 2. The van der Waals surface area contributed by atoms with Crippen LogP contribution >= 0.6 is 0 Å². The van der Waals surface area contributed by atoms with Crippen LogP contribution in [0.4, 0.5) is 5.69 Å². The molecule has 1 N–H and O–H groups in total. The van der Waals surface area contributed by atoms with E-state index in [0.29, 0.717) is 11.5 Å². The van der Waals surface area contributed by atoms with Crippen molar-refractivity contribution in [1.29, 1.82) is 0 Å². The fourth-order valence-corrected chi connectivity index (χ4v) is 3.45. The van der Waals surface area contributed by atoms with Gasteiger partial charge in [0.25, 0.3) is 0 Å². The summed E-state index contributed by atoms with van der Waals surface area (Å²) in [5, 5.41) is 3.72. The Morgan fingerprint density at radius 3 is 2.24 bits per heavy atom. The minimum Gasteiger partial charge on any atom is -0.382 e. The van der Waals surface area contributed by atoms with Gasteiger partial charge in [-0.1, -0.05) is 62.7 Å². The van der Waals surface area contributed by atoms with Crippen LogP contribution in [0.25, 0.3) is 11.1 Å². The SMILES string of the molecule is CC1(C)CCCC(Nc2ccc(-c3ccccc3)cc2)C1. The normalized spacial score (nSPS) is 21.0. The molecule has 1 aliphatic rings. The summed E-state index contributed by atoms with van der Waals surface area (Å²) in [5.74, 6) is 0. The van der Waals surface area contributed by atoms with E-state index in [-0.39, 0.29) is 0 Å². The van der Waals surface area contributed by atoms with Crippen molar-refractivity contribution in [2.24, 2.45) is 5.41 Å². The second-order valence-corrected chi connectivity index (χ2v) is 7.05. The molecule has 1 fully saturated rings. The van der Waals surface area contributed by atoms with Crippen molar-refractivity contribution in [3.05, 3.63) is 54.6 Å². The van der Waals surface area contributed by atoms with Gasteiger partial charge in [0, 0.05) is 11.7 Å². The Morgan fingerprint density at radius 2 is 1.57 bits per heavy atom. The van der Waals surface area contributed by atoms with E-state index in [0.717, 1.165) is 0 Å². The van der Waals surface area contributed by atoms with Gasteiger partial charge in [-0.3, -0.25) is 0 Å². The Balaban J connectivity index is 1.67. The quantitative estimate of drug-likeness (QED) is 0.756. The van der Waals surface area contributed by atoms with Gasteiger partial charge >= 0.3 is 0 Å². The van der Waals surface area contributed by atoms with Crippen molar-refractivity contribution in [1.82, 2.24) is 0 Å². The number of anilines is 1. The third-order valence-corrected chi connectivity index (χ3v) is 4.57. The average Bonchev–Trinajstić information content (AvgIpc) is 2.48. The minimum atomic E-state index is 0.486. The molecule has 2 aromatic rings. The lowest BCUT2D eigenvalue weighted by atomic mass is 9.75. The second kappa shape index (κ2) is 5.93. The Kier molecular flexibility index (Phi) is 4.01. The third kappa shape index (κ3) is 3.66. The summed E-state index contributed by atoms with van der Waals surface area (Å²) in [6, 6.07) is 20.0. The highest BCUT2D eigenvalue weighted by Gasteiger charge is 2.27. The molecule has 0 heterocycles. The summed E-state index contributed by atoms with van der Waals surface area (Å²) in [5.41, 5.74) is 4.30. The van der Waals surface area contributed by atoms with Gasteiger partial charge < -0.3 is 5.32 Å². The van der Waals surface area contributed by atoms with Crippen LogP contribution in [0.15, 0.2) is 54.6 Å². The summed E-state index contributed by atoms with van der Waals surface area (Å²) in [6.07, 6.45) is 5.27. The van der Waals surface area contributed by atoms with Crippen LogP contribution in [0.3, 0.4) is 0 Å². The van der Waals surface area contributed by atoms with E-state index in [1.807, 2.05) is 0 Å². The molecule has 0 amide bonds. The zero-order chi connectivity index (χ0) is 14.7. The molecule has 0 bridgehead atoms. The highest BCUT2D eigenvalue weighted by atomic mass is 14.9. The molecule has 1 aliphatic carbocycles. The zero-order valence-corrected chi connectivity index (χ0v) is 13.1. The number of hydrogen-bond acceptors (Lipinski definition) is 1. The molecule has 1 unspecified atom stereocenters. The molecule has 0 radical (unpaired) electrons. The predicted molar refractivity (Wildman–Crippen MR) is 91.5 cm³/mol. The van der Waals surface area contributed by atoms with Gasteiger partial charge in [0.2, 0.25) is 0 Å². The molecule has 21 heavy (non-hydrogen) atoms. The highest BCUT2D eigenvalue weighted by molar-refractivity contribution is 5.65. The summed E-state index contributed by atoms with van der Waals surface area (Å²) < 4.78 is 0. The van der Waals surface area contributed by atoms with Crippen molar-refractivity contribution in [3.8, 4) is 11.1 Å². The molecule has 1 saturated carbocycles. The first-order valence-corrected chi connectivity index (χ1v) is 8.04. The Morgan fingerprint density at radius 1 is 0.905 bits per heavy atom. The van der Waals surface area contributed by atoms with Gasteiger partial charge in [0.05, 0.1) is 0 Å². The number of hydrogen-bond donors (Lipinski definition) is 1. The van der Waals surface area contributed by atoms with Crippen molar-refractivity contribution in [3.63, 3.8) is 0 Å². The van der Waals surface area contributed by atoms with Crippen LogP contribution in [0.5, 0.6) is 0 Å². The fourth-order valence-electron chi connectivity index (χ4n) is 3.45. The maximum absolute atomic E-state index is 3.72. The molecule has 1 atom stereocenters. The molecular weight excluding hydrogens is 254 g/mol. The van der Waals surface area contributed by atoms with Crippen LogP contribution in [-0.4, -0.2) is 6.04 Å². The lowest BCUT2D eigenvalue weighted by Crippen LogP contribution is -2.31. The molecule has 2 aromatic carbocycles. The molecule has 3 rings (SSSR count). The van der Waals surface area contributed by atoms with Crippen molar-refractivity contribution in [2.45, 2.75) is 45.6 Å². The first kappa shape index (κ1) is 14.2.